The summed E-state index contributed by atoms with van der Waals surface area (Å²) in [6.45, 7) is 6.45. The Morgan fingerprint density at radius 3 is 2.42 bits per heavy atom. The summed E-state index contributed by atoms with van der Waals surface area (Å²) in [6.07, 6.45) is 9.29. The van der Waals surface area contributed by atoms with E-state index < -0.39 is 13.4 Å². The van der Waals surface area contributed by atoms with Crippen molar-refractivity contribution >= 4 is 13.6 Å². The van der Waals surface area contributed by atoms with Crippen LogP contribution in [-0.4, -0.2) is 21.2 Å². The molecular formula is C20H31O5P. The first kappa shape index (κ1) is 18.9. The molecule has 0 aromatic heterocycles. The van der Waals surface area contributed by atoms with Crippen LogP contribution in [0.4, 0.5) is 0 Å². The number of fused-ring (bicyclic) bond motifs is 5. The fraction of sp³-hybridized carbons (Fsp3) is 0.850. The van der Waals surface area contributed by atoms with Crippen LogP contribution in [0.3, 0.4) is 0 Å². The minimum absolute atomic E-state index is 0.126. The Bertz CT molecular complexity index is 711. The van der Waals surface area contributed by atoms with Crippen molar-refractivity contribution in [2.75, 3.05) is 0 Å². The van der Waals surface area contributed by atoms with E-state index in [1.54, 1.807) is 0 Å². The van der Waals surface area contributed by atoms with Crippen LogP contribution in [0.1, 0.15) is 72.1 Å². The molecule has 3 fully saturated rings. The van der Waals surface area contributed by atoms with Crippen molar-refractivity contribution in [1.82, 2.24) is 0 Å². The lowest BCUT2D eigenvalue weighted by molar-refractivity contribution is -0.121. The van der Waals surface area contributed by atoms with Gasteiger partial charge in [0.15, 0.2) is 5.78 Å². The summed E-state index contributed by atoms with van der Waals surface area (Å²) in [7, 11) is -4.51. The van der Waals surface area contributed by atoms with Gasteiger partial charge in [-0.2, -0.15) is 0 Å². The van der Waals surface area contributed by atoms with Crippen LogP contribution < -0.4 is 0 Å². The minimum Gasteiger partial charge on any atom is -0.303 e. The molecule has 0 radical (unpaired) electrons. The highest BCUT2D eigenvalue weighted by molar-refractivity contribution is 7.46. The summed E-state index contributed by atoms with van der Waals surface area (Å²) in [5.74, 6) is 1.85. The maximum Gasteiger partial charge on any atom is 0.470 e. The molecule has 0 unspecified atom stereocenters. The van der Waals surface area contributed by atoms with Crippen molar-refractivity contribution in [3.63, 3.8) is 0 Å². The lowest BCUT2D eigenvalue weighted by Crippen LogP contribution is -2.54. The molecule has 4 aliphatic rings. The average molecular weight is 382 g/mol. The second-order valence-corrected chi connectivity index (χ2v) is 10.9. The van der Waals surface area contributed by atoms with E-state index in [0.29, 0.717) is 30.6 Å². The van der Waals surface area contributed by atoms with Gasteiger partial charge in [-0.3, -0.25) is 9.32 Å². The van der Waals surface area contributed by atoms with Crippen LogP contribution >= 0.6 is 7.82 Å². The molecular weight excluding hydrogens is 351 g/mol. The standard InChI is InChI=1S/C20H31O5P/c1-18-9-6-14(21)12-13(18)4-5-15-16(18)7-10-19(2)17(15)8-11-20(19,3)25-26(22,23)24/h12,15-17H,4-11H2,1-3H3,(H2,22,23,24)/t15-,16+,17+,18+,19+,20+/m1/s1. The van der Waals surface area contributed by atoms with Crippen LogP contribution in [0.2, 0.25) is 0 Å². The van der Waals surface area contributed by atoms with Gasteiger partial charge in [0.1, 0.15) is 0 Å². The quantitative estimate of drug-likeness (QED) is 0.692. The zero-order valence-corrected chi connectivity index (χ0v) is 16.9. The second-order valence-electron chi connectivity index (χ2n) is 9.78. The lowest BCUT2D eigenvalue weighted by Gasteiger charge is -2.59. The van der Waals surface area contributed by atoms with Gasteiger partial charge in [0.2, 0.25) is 0 Å². The minimum atomic E-state index is -4.51. The van der Waals surface area contributed by atoms with Gasteiger partial charge in [0.25, 0.3) is 0 Å². The first-order valence-electron chi connectivity index (χ1n) is 9.99. The molecule has 0 saturated heterocycles. The van der Waals surface area contributed by atoms with Gasteiger partial charge in [0.05, 0.1) is 5.60 Å². The van der Waals surface area contributed by atoms with E-state index in [9.17, 15) is 19.1 Å². The Morgan fingerprint density at radius 2 is 1.73 bits per heavy atom. The van der Waals surface area contributed by atoms with Gasteiger partial charge >= 0.3 is 7.82 Å². The van der Waals surface area contributed by atoms with Crippen molar-refractivity contribution in [3.05, 3.63) is 11.6 Å². The smallest absolute Gasteiger partial charge is 0.303 e. The van der Waals surface area contributed by atoms with E-state index in [2.05, 4.69) is 13.8 Å². The molecule has 6 heteroatoms. The summed E-state index contributed by atoms with van der Waals surface area (Å²) >= 11 is 0. The Labute approximate surface area is 155 Å². The van der Waals surface area contributed by atoms with Crippen molar-refractivity contribution in [2.45, 2.75) is 77.7 Å². The van der Waals surface area contributed by atoms with Gasteiger partial charge in [-0.05, 0) is 81.1 Å². The molecule has 4 rings (SSSR count). The largest absolute Gasteiger partial charge is 0.470 e. The summed E-state index contributed by atoms with van der Waals surface area (Å²) in [4.78, 5) is 30.8. The van der Waals surface area contributed by atoms with Crippen LogP contribution in [0.15, 0.2) is 11.6 Å². The van der Waals surface area contributed by atoms with E-state index in [4.69, 9.17) is 4.52 Å². The Morgan fingerprint density at radius 1 is 1.04 bits per heavy atom. The molecule has 5 nitrogen and oxygen atoms in total. The number of ketones is 1. The fourth-order valence-corrected chi connectivity index (χ4v) is 8.02. The molecule has 2 N–H and O–H groups in total. The van der Waals surface area contributed by atoms with E-state index in [-0.39, 0.29) is 16.6 Å². The normalized spacial score (nSPS) is 48.4. The van der Waals surface area contributed by atoms with Crippen molar-refractivity contribution in [1.29, 1.82) is 0 Å². The molecule has 0 spiro atoms. The maximum atomic E-state index is 11.9. The summed E-state index contributed by atoms with van der Waals surface area (Å²) in [5, 5.41) is 0. The molecule has 0 bridgehead atoms. The van der Waals surface area contributed by atoms with Crippen LogP contribution in [-0.2, 0) is 13.9 Å². The van der Waals surface area contributed by atoms with Gasteiger partial charge in [-0.15, -0.1) is 0 Å². The van der Waals surface area contributed by atoms with Gasteiger partial charge in [-0.1, -0.05) is 19.4 Å². The SMILES string of the molecule is C[C@]12CCC(=O)C=C1CC[C@@H]1[C@@H]2CC[C@@]2(C)[C@H]1CC[C@]2(C)OP(=O)(O)O. The average Bonchev–Trinajstić information content (AvgIpc) is 2.77. The third kappa shape index (κ3) is 2.62. The third-order valence-corrected chi connectivity index (χ3v) is 9.45. The Hall–Kier alpha value is -0.480. The number of allylic oxidation sites excluding steroid dienone is 1. The molecule has 26 heavy (non-hydrogen) atoms. The highest BCUT2D eigenvalue weighted by Crippen LogP contribution is 2.69. The number of phosphoric ester groups is 1. The molecule has 0 heterocycles. The molecule has 0 aliphatic heterocycles. The number of carbonyl (C=O) groups is 1. The molecule has 4 aliphatic carbocycles. The fourth-order valence-electron chi connectivity index (χ4n) is 7.20. The summed E-state index contributed by atoms with van der Waals surface area (Å²) in [6, 6.07) is 0. The predicted octanol–water partition coefficient (Wildman–Crippen LogP) is 4.39. The first-order valence-corrected chi connectivity index (χ1v) is 11.5. The van der Waals surface area contributed by atoms with Crippen LogP contribution in [0, 0.1) is 28.6 Å². The number of carbonyl (C=O) groups excluding carboxylic acids is 1. The van der Waals surface area contributed by atoms with Crippen LogP contribution in [0.5, 0.6) is 0 Å². The third-order valence-electron chi connectivity index (χ3n) is 8.81. The van der Waals surface area contributed by atoms with E-state index >= 15 is 0 Å². The van der Waals surface area contributed by atoms with E-state index in [0.717, 1.165) is 38.5 Å². The van der Waals surface area contributed by atoms with Crippen molar-refractivity contribution in [3.8, 4) is 0 Å². The maximum absolute atomic E-state index is 11.9. The summed E-state index contributed by atoms with van der Waals surface area (Å²) in [5.41, 5.74) is 0.519. The Balaban J connectivity index is 1.65. The number of hydrogen-bond donors (Lipinski definition) is 2. The van der Waals surface area contributed by atoms with Crippen molar-refractivity contribution < 1.29 is 23.7 Å². The van der Waals surface area contributed by atoms with Gasteiger partial charge in [0, 0.05) is 11.8 Å². The Kier molecular flexibility index (Phi) is 4.18. The van der Waals surface area contributed by atoms with Crippen LogP contribution in [0.25, 0.3) is 0 Å². The van der Waals surface area contributed by atoms with E-state index in [1.165, 1.54) is 5.57 Å². The topological polar surface area (TPSA) is 83.8 Å². The number of rotatable bonds is 2. The predicted molar refractivity (Wildman–Crippen MR) is 98.2 cm³/mol. The van der Waals surface area contributed by atoms with E-state index in [1.807, 2.05) is 13.0 Å². The van der Waals surface area contributed by atoms with Gasteiger partial charge < -0.3 is 9.79 Å². The number of hydrogen-bond acceptors (Lipinski definition) is 3. The molecule has 0 aromatic carbocycles. The van der Waals surface area contributed by atoms with Crippen molar-refractivity contribution in [2.24, 2.45) is 28.6 Å². The molecule has 6 atom stereocenters. The highest BCUT2D eigenvalue weighted by atomic mass is 31.2. The molecule has 146 valence electrons. The molecule has 3 saturated carbocycles. The number of phosphoric acid groups is 1. The second kappa shape index (κ2) is 5.76. The summed E-state index contributed by atoms with van der Waals surface area (Å²) < 4.78 is 17.0. The zero-order chi connectivity index (χ0) is 19.0. The zero-order valence-electron chi connectivity index (χ0n) is 16.0. The molecule has 0 aromatic rings. The highest BCUT2D eigenvalue weighted by Gasteiger charge is 2.64. The van der Waals surface area contributed by atoms with Gasteiger partial charge in [-0.25, -0.2) is 4.57 Å². The monoisotopic (exact) mass is 382 g/mol. The molecule has 0 amide bonds. The first-order chi connectivity index (χ1) is 12.0. The lowest BCUT2D eigenvalue weighted by atomic mass is 9.46.